The molecule has 2 atom stereocenters. The third-order valence-electron chi connectivity index (χ3n) is 6.42. The molecule has 0 saturated heterocycles. The van der Waals surface area contributed by atoms with E-state index in [1.807, 2.05) is 6.07 Å². The first-order valence-electron chi connectivity index (χ1n) is 11.8. The van der Waals surface area contributed by atoms with Crippen LogP contribution in [0.5, 0.6) is 5.75 Å². The Bertz CT molecular complexity index is 893. The van der Waals surface area contributed by atoms with Crippen LogP contribution in [0.3, 0.4) is 0 Å². The smallest absolute Gasteiger partial charge is 0.408 e. The van der Waals surface area contributed by atoms with Crippen molar-refractivity contribution in [1.29, 1.82) is 0 Å². The van der Waals surface area contributed by atoms with Gasteiger partial charge < -0.3 is 24.5 Å². The normalized spacial score (nSPS) is 17.1. The van der Waals surface area contributed by atoms with Crippen LogP contribution in [0.1, 0.15) is 52.7 Å². The van der Waals surface area contributed by atoms with E-state index in [0.29, 0.717) is 30.8 Å². The Labute approximate surface area is 204 Å². The molecular weight excluding hydrogens is 455 g/mol. The van der Waals surface area contributed by atoms with Crippen LogP contribution in [0.25, 0.3) is 0 Å². The Morgan fingerprint density at radius 3 is 2.35 bits per heavy atom. The number of likely N-dealkylation sites (N-methyl/N-ethyl adjacent to an activating group) is 1. The molecule has 34 heavy (non-hydrogen) atoms. The van der Waals surface area contributed by atoms with Crippen LogP contribution in [-0.4, -0.2) is 52.2 Å². The predicted molar refractivity (Wildman–Crippen MR) is 133 cm³/mol. The van der Waals surface area contributed by atoms with Gasteiger partial charge >= 0.3 is 6.09 Å². The third kappa shape index (κ3) is 7.70. The number of hydrogen-bond donors (Lipinski definition) is 2. The van der Waals surface area contributed by atoms with Crippen molar-refractivity contribution in [3.05, 3.63) is 29.1 Å². The Hall–Kier alpha value is -2.13. The van der Waals surface area contributed by atoms with Crippen LogP contribution < -0.4 is 15.4 Å². The number of ether oxygens (including phenoxy) is 2. The largest absolute Gasteiger partial charge is 0.491 e. The molecule has 1 aromatic carbocycles. The number of nitrogens with one attached hydrogen (secondary N) is 2. The van der Waals surface area contributed by atoms with Crippen molar-refractivity contribution in [2.75, 3.05) is 20.3 Å². The summed E-state index contributed by atoms with van der Waals surface area (Å²) in [6.45, 7) is 16.7. The summed E-state index contributed by atoms with van der Waals surface area (Å²) in [6.07, 6.45) is 0.624. The number of rotatable bonds is 8. The second-order valence-electron chi connectivity index (χ2n) is 11.5. The third-order valence-corrected chi connectivity index (χ3v) is 10.9. The van der Waals surface area contributed by atoms with Crippen LogP contribution >= 0.6 is 0 Å². The highest BCUT2D eigenvalue weighted by Crippen LogP contribution is 2.38. The van der Waals surface area contributed by atoms with E-state index in [-0.39, 0.29) is 23.4 Å². The summed E-state index contributed by atoms with van der Waals surface area (Å²) >= 11 is 0. The number of carbonyl (C=O) groups excluding carboxylic acids is 2. The lowest BCUT2D eigenvalue weighted by molar-refractivity contribution is -0.123. The molecule has 9 heteroatoms. The number of hydrogen-bond acceptors (Lipinski definition) is 5. The maximum atomic E-state index is 14.9. The van der Waals surface area contributed by atoms with Gasteiger partial charge in [-0.2, -0.15) is 0 Å². The Kier molecular flexibility index (Phi) is 8.80. The monoisotopic (exact) mass is 496 g/mol. The minimum atomic E-state index is -1.87. The molecule has 2 N–H and O–H groups in total. The second-order valence-corrected chi connectivity index (χ2v) is 16.3. The first-order chi connectivity index (χ1) is 15.5. The highest BCUT2D eigenvalue weighted by Gasteiger charge is 2.38. The maximum Gasteiger partial charge on any atom is 0.408 e. The number of benzene rings is 1. The van der Waals surface area contributed by atoms with E-state index >= 15 is 0 Å². The van der Waals surface area contributed by atoms with Crippen LogP contribution in [0.2, 0.25) is 18.1 Å². The van der Waals surface area contributed by atoms with Gasteiger partial charge in [-0.15, -0.1) is 0 Å². The zero-order valence-electron chi connectivity index (χ0n) is 22.1. The fourth-order valence-electron chi connectivity index (χ4n) is 3.48. The van der Waals surface area contributed by atoms with Crippen LogP contribution in [-0.2, 0) is 26.8 Å². The summed E-state index contributed by atoms with van der Waals surface area (Å²) in [5.41, 5.74) is 0.896. The average Bonchev–Trinajstić information content (AvgIpc) is 3.10. The van der Waals surface area contributed by atoms with Gasteiger partial charge in [0.15, 0.2) is 8.32 Å². The summed E-state index contributed by atoms with van der Waals surface area (Å²) in [5.74, 6) is -0.210. The van der Waals surface area contributed by atoms with Gasteiger partial charge in [-0.3, -0.25) is 4.79 Å². The minimum absolute atomic E-state index is 0.124. The molecular formula is C25H41FN2O5Si. The highest BCUT2D eigenvalue weighted by molar-refractivity contribution is 6.74. The number of alkyl carbamates (subject to hydrolysis) is 1. The van der Waals surface area contributed by atoms with E-state index in [4.69, 9.17) is 13.9 Å². The molecule has 0 bridgehead atoms. The average molecular weight is 497 g/mol. The second kappa shape index (κ2) is 10.6. The van der Waals surface area contributed by atoms with Gasteiger partial charge in [0.05, 0.1) is 0 Å². The van der Waals surface area contributed by atoms with E-state index in [2.05, 4.69) is 44.5 Å². The summed E-state index contributed by atoms with van der Waals surface area (Å²) < 4.78 is 32.2. The highest BCUT2D eigenvalue weighted by atomic mass is 28.4. The van der Waals surface area contributed by atoms with E-state index in [1.54, 1.807) is 20.8 Å². The quantitative estimate of drug-likeness (QED) is 0.515. The molecule has 192 valence electrons. The number of fused-ring (bicyclic) bond motifs is 1. The van der Waals surface area contributed by atoms with E-state index < -0.39 is 32.0 Å². The van der Waals surface area contributed by atoms with Gasteiger partial charge in [0, 0.05) is 19.7 Å². The van der Waals surface area contributed by atoms with Crippen molar-refractivity contribution in [2.45, 2.75) is 84.2 Å². The molecule has 2 rings (SSSR count). The predicted octanol–water partition coefficient (Wildman–Crippen LogP) is 4.58. The molecule has 2 unspecified atom stereocenters. The Balaban J connectivity index is 2.02. The zero-order valence-corrected chi connectivity index (χ0v) is 23.1. The van der Waals surface area contributed by atoms with Crippen LogP contribution in [0, 0.1) is 11.7 Å². The van der Waals surface area contributed by atoms with Gasteiger partial charge in [0.1, 0.15) is 29.8 Å². The molecule has 0 saturated carbocycles. The lowest BCUT2D eigenvalue weighted by Gasteiger charge is -2.37. The Morgan fingerprint density at radius 1 is 1.15 bits per heavy atom. The summed E-state index contributed by atoms with van der Waals surface area (Å²) in [7, 11) is -0.404. The van der Waals surface area contributed by atoms with Crippen molar-refractivity contribution in [3.63, 3.8) is 0 Å². The van der Waals surface area contributed by atoms with Crippen LogP contribution in [0.15, 0.2) is 12.1 Å². The molecule has 0 aromatic heterocycles. The molecule has 1 aliphatic carbocycles. The lowest BCUT2D eigenvalue weighted by atomic mass is 10.1. The Morgan fingerprint density at radius 2 is 1.79 bits per heavy atom. The molecule has 0 heterocycles. The lowest BCUT2D eigenvalue weighted by Crippen LogP contribution is -2.50. The molecule has 0 fully saturated rings. The van der Waals surface area contributed by atoms with Gasteiger partial charge in [0.2, 0.25) is 5.91 Å². The van der Waals surface area contributed by atoms with Gasteiger partial charge in [-0.05, 0) is 74.9 Å². The molecule has 2 amide bonds. The molecule has 0 spiro atoms. The summed E-state index contributed by atoms with van der Waals surface area (Å²) in [4.78, 5) is 24.3. The van der Waals surface area contributed by atoms with Gasteiger partial charge in [-0.1, -0.05) is 20.8 Å². The molecule has 0 aliphatic heterocycles. The topological polar surface area (TPSA) is 85.9 Å². The molecule has 1 aliphatic rings. The zero-order chi connectivity index (χ0) is 25.9. The van der Waals surface area contributed by atoms with Crippen LogP contribution in [0.4, 0.5) is 9.18 Å². The van der Waals surface area contributed by atoms with E-state index in [1.165, 1.54) is 13.1 Å². The van der Waals surface area contributed by atoms with E-state index in [9.17, 15) is 14.0 Å². The number of halogens is 1. The first-order valence-corrected chi connectivity index (χ1v) is 14.7. The number of carbonyl (C=O) groups is 2. The van der Waals surface area contributed by atoms with Crippen molar-refractivity contribution < 1.29 is 27.9 Å². The standard InChI is InChI=1S/C25H41FN2O5Si/c1-24(2,3)33-23(30)28-21(22(29)27-7)15-31-18-12-17-10-16(11-19(17)20(26)13-18)14-32-34(8,9)25(4,5)6/h12-13,16,21H,10-11,14-15H2,1-9H3,(H,27,29)(H,28,30). The molecule has 7 nitrogen and oxygen atoms in total. The van der Waals surface area contributed by atoms with Gasteiger partial charge in [0.25, 0.3) is 0 Å². The summed E-state index contributed by atoms with van der Waals surface area (Å²) in [5, 5.41) is 5.12. The van der Waals surface area contributed by atoms with E-state index in [0.717, 1.165) is 5.56 Å². The fourth-order valence-corrected chi connectivity index (χ4v) is 4.56. The van der Waals surface area contributed by atoms with Crippen molar-refractivity contribution in [3.8, 4) is 5.75 Å². The van der Waals surface area contributed by atoms with Crippen molar-refractivity contribution >= 4 is 20.3 Å². The van der Waals surface area contributed by atoms with Crippen molar-refractivity contribution in [1.82, 2.24) is 10.6 Å². The van der Waals surface area contributed by atoms with Crippen molar-refractivity contribution in [2.24, 2.45) is 5.92 Å². The number of amides is 2. The minimum Gasteiger partial charge on any atom is -0.491 e. The SMILES string of the molecule is CNC(=O)C(COc1cc(F)c2c(c1)CC(CO[Si](C)(C)C(C)(C)C)C2)NC(=O)OC(C)(C)C. The summed E-state index contributed by atoms with van der Waals surface area (Å²) in [6, 6.07) is 2.17. The van der Waals surface area contributed by atoms with Gasteiger partial charge in [-0.25, -0.2) is 9.18 Å². The molecule has 1 aromatic rings. The first kappa shape index (κ1) is 28.1. The fraction of sp³-hybridized carbons (Fsp3) is 0.680. The molecule has 0 radical (unpaired) electrons. The maximum absolute atomic E-state index is 14.9.